The summed E-state index contributed by atoms with van der Waals surface area (Å²) in [6.45, 7) is 7.51. The molecule has 0 radical (unpaired) electrons. The van der Waals surface area contributed by atoms with Gasteiger partial charge in [-0.3, -0.25) is 0 Å². The van der Waals surface area contributed by atoms with Crippen LogP contribution in [0, 0.1) is 11.8 Å². The summed E-state index contributed by atoms with van der Waals surface area (Å²) in [5.41, 5.74) is 0. The molecule has 0 aromatic carbocycles. The molecule has 2 nitrogen and oxygen atoms in total. The predicted molar refractivity (Wildman–Crippen MR) is 83.5 cm³/mol. The van der Waals surface area contributed by atoms with Crippen LogP contribution in [0.4, 0.5) is 0 Å². The Bertz CT molecular complexity index is 254. The number of hydrogen-bond donors (Lipinski definition) is 1. The maximum atomic E-state index is 3.59. The molecule has 4 atom stereocenters. The van der Waals surface area contributed by atoms with Crippen LogP contribution in [-0.4, -0.2) is 37.1 Å². The fourth-order valence-electron chi connectivity index (χ4n) is 4.32. The van der Waals surface area contributed by atoms with E-state index >= 15 is 0 Å². The molecule has 1 saturated heterocycles. The van der Waals surface area contributed by atoms with Crippen LogP contribution in [0.25, 0.3) is 0 Å². The molecule has 1 aliphatic heterocycles. The molecule has 2 aliphatic rings. The first kappa shape index (κ1) is 15.3. The third kappa shape index (κ3) is 4.19. The van der Waals surface area contributed by atoms with Crippen molar-refractivity contribution < 1.29 is 0 Å². The second-order valence-corrected chi connectivity index (χ2v) is 6.98. The highest BCUT2D eigenvalue weighted by Crippen LogP contribution is 2.31. The van der Waals surface area contributed by atoms with Gasteiger partial charge in [0.2, 0.25) is 0 Å². The van der Waals surface area contributed by atoms with Gasteiger partial charge in [0, 0.05) is 18.6 Å². The Kier molecular flexibility index (Phi) is 6.15. The van der Waals surface area contributed by atoms with Crippen LogP contribution in [0.5, 0.6) is 0 Å². The molecule has 1 saturated carbocycles. The third-order valence-corrected chi connectivity index (χ3v) is 5.55. The lowest BCUT2D eigenvalue weighted by Gasteiger charge is -2.40. The van der Waals surface area contributed by atoms with Crippen molar-refractivity contribution in [3.63, 3.8) is 0 Å². The van der Waals surface area contributed by atoms with Crippen molar-refractivity contribution in [2.24, 2.45) is 11.8 Å². The van der Waals surface area contributed by atoms with Gasteiger partial charge in [0.1, 0.15) is 0 Å². The second kappa shape index (κ2) is 7.64. The molecule has 19 heavy (non-hydrogen) atoms. The Hall–Kier alpha value is -0.0800. The number of rotatable bonds is 4. The number of hydrogen-bond acceptors (Lipinski definition) is 2. The Morgan fingerprint density at radius 2 is 1.95 bits per heavy atom. The van der Waals surface area contributed by atoms with Crippen molar-refractivity contribution in [3.8, 4) is 0 Å². The van der Waals surface area contributed by atoms with E-state index in [-0.39, 0.29) is 0 Å². The van der Waals surface area contributed by atoms with Crippen molar-refractivity contribution in [1.29, 1.82) is 0 Å². The minimum atomic E-state index is 0.761. The SMILES string of the molecule is CCC1CCCCCN1CC1CC(C)CCC1NC. The molecule has 2 fully saturated rings. The quantitative estimate of drug-likeness (QED) is 0.835. The first-order valence-electron chi connectivity index (χ1n) is 8.65. The molecule has 1 aliphatic carbocycles. The molecular formula is C17H34N2. The Morgan fingerprint density at radius 3 is 2.68 bits per heavy atom. The molecule has 1 heterocycles. The van der Waals surface area contributed by atoms with Crippen LogP contribution in [0.15, 0.2) is 0 Å². The summed E-state index contributed by atoms with van der Waals surface area (Å²) in [6.07, 6.45) is 11.3. The average Bonchev–Trinajstić information content (AvgIpc) is 2.64. The minimum absolute atomic E-state index is 0.761. The van der Waals surface area contributed by atoms with E-state index in [0.29, 0.717) is 0 Å². The monoisotopic (exact) mass is 266 g/mol. The van der Waals surface area contributed by atoms with Gasteiger partial charge in [0.05, 0.1) is 0 Å². The standard InChI is InChI=1S/C17H34N2/c1-4-16-8-6-5-7-11-19(16)13-15-12-14(2)9-10-17(15)18-3/h14-18H,4-13H2,1-3H3. The second-order valence-electron chi connectivity index (χ2n) is 6.98. The summed E-state index contributed by atoms with van der Waals surface area (Å²) in [6, 6.07) is 1.62. The molecular weight excluding hydrogens is 232 g/mol. The van der Waals surface area contributed by atoms with Gasteiger partial charge in [-0.1, -0.05) is 26.7 Å². The number of likely N-dealkylation sites (tertiary alicyclic amines) is 1. The molecule has 0 bridgehead atoms. The molecule has 0 aromatic heterocycles. The van der Waals surface area contributed by atoms with Crippen LogP contribution < -0.4 is 5.32 Å². The van der Waals surface area contributed by atoms with E-state index in [9.17, 15) is 0 Å². The zero-order valence-electron chi connectivity index (χ0n) is 13.3. The summed E-state index contributed by atoms with van der Waals surface area (Å²) >= 11 is 0. The molecule has 4 unspecified atom stereocenters. The van der Waals surface area contributed by atoms with Gasteiger partial charge in [-0.15, -0.1) is 0 Å². The zero-order valence-corrected chi connectivity index (χ0v) is 13.3. The molecule has 2 heteroatoms. The highest BCUT2D eigenvalue weighted by molar-refractivity contribution is 4.86. The molecule has 1 N–H and O–H groups in total. The van der Waals surface area contributed by atoms with Crippen LogP contribution in [0.3, 0.4) is 0 Å². The van der Waals surface area contributed by atoms with Crippen LogP contribution in [0.2, 0.25) is 0 Å². The van der Waals surface area contributed by atoms with E-state index in [4.69, 9.17) is 0 Å². The molecule has 0 amide bonds. The lowest BCUT2D eigenvalue weighted by molar-refractivity contribution is 0.115. The van der Waals surface area contributed by atoms with E-state index < -0.39 is 0 Å². The largest absolute Gasteiger partial charge is 0.317 e. The first-order valence-corrected chi connectivity index (χ1v) is 8.65. The predicted octanol–water partition coefficient (Wildman–Crippen LogP) is 3.67. The van der Waals surface area contributed by atoms with Gasteiger partial charge < -0.3 is 10.2 Å². The highest BCUT2D eigenvalue weighted by Gasteiger charge is 2.31. The van der Waals surface area contributed by atoms with E-state index in [2.05, 4.69) is 31.1 Å². The first-order chi connectivity index (χ1) is 9.24. The van der Waals surface area contributed by atoms with Crippen molar-refractivity contribution in [1.82, 2.24) is 10.2 Å². The summed E-state index contributed by atoms with van der Waals surface area (Å²) < 4.78 is 0. The van der Waals surface area contributed by atoms with Crippen molar-refractivity contribution in [3.05, 3.63) is 0 Å². The van der Waals surface area contributed by atoms with Crippen molar-refractivity contribution in [2.45, 2.75) is 77.3 Å². The lowest BCUT2D eigenvalue weighted by Crippen LogP contribution is -2.47. The fraction of sp³-hybridized carbons (Fsp3) is 1.00. The summed E-state index contributed by atoms with van der Waals surface area (Å²) in [7, 11) is 2.16. The van der Waals surface area contributed by atoms with Crippen LogP contribution in [-0.2, 0) is 0 Å². The normalized spacial score (nSPS) is 38.1. The maximum Gasteiger partial charge on any atom is 0.0105 e. The third-order valence-electron chi connectivity index (χ3n) is 5.55. The molecule has 112 valence electrons. The average molecular weight is 266 g/mol. The van der Waals surface area contributed by atoms with Gasteiger partial charge >= 0.3 is 0 Å². The maximum absolute atomic E-state index is 3.59. The van der Waals surface area contributed by atoms with Gasteiger partial charge in [0.15, 0.2) is 0 Å². The lowest BCUT2D eigenvalue weighted by atomic mass is 9.78. The summed E-state index contributed by atoms with van der Waals surface area (Å²) in [5, 5.41) is 3.59. The van der Waals surface area contributed by atoms with Crippen LogP contribution in [0.1, 0.15) is 65.2 Å². The minimum Gasteiger partial charge on any atom is -0.317 e. The van der Waals surface area contributed by atoms with Gasteiger partial charge in [-0.25, -0.2) is 0 Å². The molecule has 0 aromatic rings. The Labute approximate surface area is 120 Å². The highest BCUT2D eigenvalue weighted by atomic mass is 15.2. The summed E-state index contributed by atoms with van der Waals surface area (Å²) in [4.78, 5) is 2.83. The fourth-order valence-corrected chi connectivity index (χ4v) is 4.32. The van der Waals surface area contributed by atoms with E-state index in [0.717, 1.165) is 23.9 Å². The smallest absolute Gasteiger partial charge is 0.0105 e. The Morgan fingerprint density at radius 1 is 1.11 bits per heavy atom. The summed E-state index contributed by atoms with van der Waals surface area (Å²) in [5.74, 6) is 1.81. The van der Waals surface area contributed by atoms with Crippen LogP contribution >= 0.6 is 0 Å². The molecule has 2 rings (SSSR count). The van der Waals surface area contributed by atoms with E-state index in [1.807, 2.05) is 0 Å². The molecule has 0 spiro atoms. The number of nitrogens with one attached hydrogen (secondary N) is 1. The van der Waals surface area contributed by atoms with Gasteiger partial charge in [-0.05, 0) is 64.0 Å². The zero-order chi connectivity index (χ0) is 13.7. The van der Waals surface area contributed by atoms with Gasteiger partial charge in [0.25, 0.3) is 0 Å². The van der Waals surface area contributed by atoms with E-state index in [1.165, 1.54) is 64.5 Å². The number of nitrogens with zero attached hydrogens (tertiary/aromatic N) is 1. The van der Waals surface area contributed by atoms with Crippen molar-refractivity contribution in [2.75, 3.05) is 20.1 Å². The Balaban J connectivity index is 1.95. The van der Waals surface area contributed by atoms with Gasteiger partial charge in [-0.2, -0.15) is 0 Å². The van der Waals surface area contributed by atoms with Crippen molar-refractivity contribution >= 4 is 0 Å². The van der Waals surface area contributed by atoms with E-state index in [1.54, 1.807) is 0 Å². The topological polar surface area (TPSA) is 15.3 Å².